The molecule has 0 aliphatic carbocycles. The quantitative estimate of drug-likeness (QED) is 0.0204. The van der Waals surface area contributed by atoms with E-state index in [0.717, 1.165) is 89.9 Å². The molecule has 12 unspecified atom stereocenters. The second kappa shape index (κ2) is 57.3. The van der Waals surface area contributed by atoms with Gasteiger partial charge in [-0.05, 0) is 64.2 Å². The predicted molar refractivity (Wildman–Crippen MR) is 355 cm³/mol. The van der Waals surface area contributed by atoms with Gasteiger partial charge in [-0.1, -0.05) is 292 Å². The number of ether oxygens (including phenoxy) is 4. The van der Waals surface area contributed by atoms with Crippen LogP contribution in [0.15, 0.2) is 72.9 Å². The lowest BCUT2D eigenvalue weighted by Crippen LogP contribution is -2.65. The van der Waals surface area contributed by atoms with Gasteiger partial charge in [-0.15, -0.1) is 0 Å². The molecule has 2 heterocycles. The summed E-state index contributed by atoms with van der Waals surface area (Å²) in [5, 5.41) is 87.7. The minimum atomic E-state index is -1.79. The number of aliphatic hydroxyl groups excluding tert-OH is 8. The lowest BCUT2D eigenvalue weighted by Gasteiger charge is -2.46. The van der Waals surface area contributed by atoms with Crippen molar-refractivity contribution in [1.82, 2.24) is 5.32 Å². The Bertz CT molecular complexity index is 1740. The molecule has 1 amide bonds. The van der Waals surface area contributed by atoms with Gasteiger partial charge in [0.05, 0.1) is 32.0 Å². The summed E-state index contributed by atoms with van der Waals surface area (Å²) in [5.74, 6) is -0.214. The van der Waals surface area contributed by atoms with E-state index in [0.29, 0.717) is 19.3 Å². The fraction of sp³-hybridized carbons (Fsp3) is 0.822. The number of carbonyl (C=O) groups is 1. The molecule has 0 aromatic rings. The first-order valence-corrected chi connectivity index (χ1v) is 35.7. The van der Waals surface area contributed by atoms with Gasteiger partial charge in [0.25, 0.3) is 0 Å². The maximum atomic E-state index is 13.4. The van der Waals surface area contributed by atoms with Crippen molar-refractivity contribution in [2.24, 2.45) is 0 Å². The lowest BCUT2D eigenvalue weighted by atomic mass is 9.97. The number of allylic oxidation sites excluding steroid dienone is 12. The molecular weight excluding hydrogens is 1100 g/mol. The summed E-state index contributed by atoms with van der Waals surface area (Å²) in [6.07, 6.45) is 60.5. The van der Waals surface area contributed by atoms with Crippen LogP contribution in [0.2, 0.25) is 0 Å². The van der Waals surface area contributed by atoms with Crippen LogP contribution < -0.4 is 5.32 Å². The number of aliphatic hydroxyl groups is 8. The molecule has 0 bridgehead atoms. The molecule has 2 aliphatic heterocycles. The van der Waals surface area contributed by atoms with Crippen molar-refractivity contribution in [2.45, 2.75) is 364 Å². The first-order chi connectivity index (χ1) is 42.6. The Balaban J connectivity index is 1.68. The molecule has 2 saturated heterocycles. The summed E-state index contributed by atoms with van der Waals surface area (Å²) in [5.41, 5.74) is 0. The molecule has 0 aromatic heterocycles. The van der Waals surface area contributed by atoms with Crippen molar-refractivity contribution in [3.05, 3.63) is 72.9 Å². The SMILES string of the molecule is CC/C=C\C/C=C\C/C=C\C/C=C\C/C=C\C/C=C\CCCCCCCCCCC(=O)NC(COC1OC(CO)C(OC2OC(CO)C(O)C(O)C2O)C(O)C1O)C(O)CCCCCCCCCCCCCCCCCCCCCCCCCCCC. The summed E-state index contributed by atoms with van der Waals surface area (Å²) < 4.78 is 22.9. The van der Waals surface area contributed by atoms with Crippen molar-refractivity contribution in [3.8, 4) is 0 Å². The van der Waals surface area contributed by atoms with Crippen LogP contribution in [0.5, 0.6) is 0 Å². The van der Waals surface area contributed by atoms with Gasteiger partial charge in [0.2, 0.25) is 5.91 Å². The highest BCUT2D eigenvalue weighted by atomic mass is 16.7. The largest absolute Gasteiger partial charge is 0.394 e. The maximum Gasteiger partial charge on any atom is 0.220 e. The molecule has 0 spiro atoms. The van der Waals surface area contributed by atoms with Gasteiger partial charge in [-0.3, -0.25) is 4.79 Å². The molecule has 506 valence electrons. The summed E-state index contributed by atoms with van der Waals surface area (Å²) in [6.45, 7) is 2.78. The monoisotopic (exact) mass is 1230 g/mol. The van der Waals surface area contributed by atoms with Crippen molar-refractivity contribution in [3.63, 3.8) is 0 Å². The van der Waals surface area contributed by atoms with Gasteiger partial charge in [-0.25, -0.2) is 0 Å². The number of carbonyl (C=O) groups excluding carboxylic acids is 1. The highest BCUT2D eigenvalue weighted by Gasteiger charge is 2.51. The highest BCUT2D eigenvalue weighted by molar-refractivity contribution is 5.76. The number of amides is 1. The molecule has 12 atom stereocenters. The van der Waals surface area contributed by atoms with Crippen LogP contribution in [0, 0.1) is 0 Å². The van der Waals surface area contributed by atoms with Crippen molar-refractivity contribution < 1.29 is 64.6 Å². The molecule has 14 heteroatoms. The standard InChI is InChI=1S/C73H131NO13/c1-3-5-7-9-11-13-15-17-19-21-23-25-27-29-31-33-35-37-39-41-43-45-47-49-51-53-55-57-65(78)74-61(60-84-72-70(83)68(81)71(64(59-76)86-72)87-73-69(82)67(80)66(79)63(58-75)85-73)62(77)56-54-52-50-48-46-44-42-40-38-36-34-32-30-28-26-24-22-20-18-16-14-12-10-8-6-4-2/h5,7,11,13,17,19,23,25,29,31,35,37,61-64,66-73,75-77,79-83H,3-4,6,8-10,12,14-16,18,20-22,24,26-28,30,32-34,36,38-60H2,1-2H3,(H,74,78)/b7-5-,13-11-,19-17-,25-23-,31-29-,37-35-. The van der Waals surface area contributed by atoms with E-state index in [4.69, 9.17) is 18.9 Å². The Morgan fingerprint density at radius 1 is 0.425 bits per heavy atom. The summed E-state index contributed by atoms with van der Waals surface area (Å²) in [6, 6.07) is -0.840. The molecule has 2 fully saturated rings. The number of hydrogen-bond acceptors (Lipinski definition) is 13. The van der Waals surface area contributed by atoms with Crippen LogP contribution in [-0.4, -0.2) is 140 Å². The summed E-state index contributed by atoms with van der Waals surface area (Å²) in [4.78, 5) is 13.4. The Kier molecular flexibility index (Phi) is 53.1. The Labute approximate surface area is 529 Å². The average molecular weight is 1230 g/mol. The van der Waals surface area contributed by atoms with E-state index >= 15 is 0 Å². The molecule has 87 heavy (non-hydrogen) atoms. The van der Waals surface area contributed by atoms with Crippen LogP contribution in [0.4, 0.5) is 0 Å². The van der Waals surface area contributed by atoms with Crippen molar-refractivity contribution >= 4 is 5.91 Å². The van der Waals surface area contributed by atoms with E-state index in [1.165, 1.54) is 167 Å². The third-order valence-electron chi connectivity index (χ3n) is 17.2. The van der Waals surface area contributed by atoms with Gasteiger partial charge in [0.1, 0.15) is 48.8 Å². The van der Waals surface area contributed by atoms with E-state index in [1.807, 2.05) is 0 Å². The molecule has 0 radical (unpaired) electrons. The third-order valence-corrected chi connectivity index (χ3v) is 17.2. The second-order valence-electron chi connectivity index (χ2n) is 25.0. The Hall–Kier alpha value is -2.57. The fourth-order valence-corrected chi connectivity index (χ4v) is 11.5. The van der Waals surface area contributed by atoms with Gasteiger partial charge in [0.15, 0.2) is 12.6 Å². The molecule has 2 aliphatic rings. The van der Waals surface area contributed by atoms with Gasteiger partial charge in [0, 0.05) is 6.42 Å². The number of unbranched alkanes of at least 4 members (excludes halogenated alkanes) is 33. The summed E-state index contributed by atoms with van der Waals surface area (Å²) >= 11 is 0. The van der Waals surface area contributed by atoms with Crippen molar-refractivity contribution in [2.75, 3.05) is 19.8 Å². The predicted octanol–water partition coefficient (Wildman–Crippen LogP) is 14.6. The maximum absolute atomic E-state index is 13.4. The zero-order valence-corrected chi connectivity index (χ0v) is 55.0. The molecule has 0 aromatic carbocycles. The zero-order chi connectivity index (χ0) is 63.1. The van der Waals surface area contributed by atoms with E-state index < -0.39 is 86.8 Å². The lowest BCUT2D eigenvalue weighted by molar-refractivity contribution is -0.359. The normalized spacial score (nSPS) is 23.7. The minimum absolute atomic E-state index is 0.214. The third kappa shape index (κ3) is 41.5. The number of hydrogen-bond donors (Lipinski definition) is 9. The molecule has 2 rings (SSSR count). The van der Waals surface area contributed by atoms with Crippen LogP contribution in [0.3, 0.4) is 0 Å². The zero-order valence-electron chi connectivity index (χ0n) is 55.0. The number of rotatable bonds is 58. The highest BCUT2D eigenvalue weighted by Crippen LogP contribution is 2.30. The Morgan fingerprint density at radius 3 is 1.22 bits per heavy atom. The molecular formula is C73H131NO13. The van der Waals surface area contributed by atoms with Gasteiger partial charge in [-0.2, -0.15) is 0 Å². The average Bonchev–Trinajstić information content (AvgIpc) is 2.58. The number of nitrogens with one attached hydrogen (secondary N) is 1. The minimum Gasteiger partial charge on any atom is -0.394 e. The van der Waals surface area contributed by atoms with Crippen molar-refractivity contribution in [1.29, 1.82) is 0 Å². The van der Waals surface area contributed by atoms with Crippen LogP contribution in [0.25, 0.3) is 0 Å². The summed E-state index contributed by atoms with van der Waals surface area (Å²) in [7, 11) is 0. The van der Waals surface area contributed by atoms with Crippen LogP contribution in [0.1, 0.15) is 290 Å². The van der Waals surface area contributed by atoms with Crippen LogP contribution >= 0.6 is 0 Å². The molecule has 9 N–H and O–H groups in total. The first kappa shape index (κ1) is 80.5. The van der Waals surface area contributed by atoms with Gasteiger partial charge >= 0.3 is 0 Å². The second-order valence-corrected chi connectivity index (χ2v) is 25.0. The fourth-order valence-electron chi connectivity index (χ4n) is 11.5. The van der Waals surface area contributed by atoms with E-state index in [-0.39, 0.29) is 12.5 Å². The van der Waals surface area contributed by atoms with E-state index in [1.54, 1.807) is 0 Å². The van der Waals surface area contributed by atoms with E-state index in [2.05, 4.69) is 92.1 Å². The first-order valence-electron chi connectivity index (χ1n) is 35.7. The van der Waals surface area contributed by atoms with Gasteiger partial charge < -0.3 is 65.1 Å². The molecule has 14 nitrogen and oxygen atoms in total. The Morgan fingerprint density at radius 2 is 0.793 bits per heavy atom. The van der Waals surface area contributed by atoms with Crippen LogP contribution in [-0.2, 0) is 23.7 Å². The molecule has 0 saturated carbocycles. The topological polar surface area (TPSA) is 228 Å². The smallest absolute Gasteiger partial charge is 0.220 e. The van der Waals surface area contributed by atoms with E-state index in [9.17, 15) is 45.6 Å².